The van der Waals surface area contributed by atoms with Crippen LogP contribution in [0.25, 0.3) is 0 Å². The number of hydrogen-bond acceptors (Lipinski definition) is 4. The molecule has 1 aromatic rings. The van der Waals surface area contributed by atoms with Crippen molar-refractivity contribution in [3.63, 3.8) is 0 Å². The summed E-state index contributed by atoms with van der Waals surface area (Å²) in [7, 11) is 0. The normalized spacial score (nSPS) is 11.6. The first-order valence-electron chi connectivity index (χ1n) is 7.75. The third-order valence-corrected chi connectivity index (χ3v) is 3.58. The number of aromatic amines is 1. The number of anilines is 1. The molecule has 1 heterocycles. The van der Waals surface area contributed by atoms with Crippen LogP contribution in [0.2, 0.25) is 0 Å². The van der Waals surface area contributed by atoms with E-state index in [0.29, 0.717) is 30.0 Å². The molecule has 1 rings (SSSR count). The van der Waals surface area contributed by atoms with Crippen LogP contribution in [0, 0.1) is 0 Å². The van der Waals surface area contributed by atoms with Gasteiger partial charge in [0.25, 0.3) is 5.91 Å². The Kier molecular flexibility index (Phi) is 6.68. The van der Waals surface area contributed by atoms with Gasteiger partial charge in [0.1, 0.15) is 0 Å². The zero-order chi connectivity index (χ0) is 16.0. The Morgan fingerprint density at radius 3 is 2.48 bits per heavy atom. The van der Waals surface area contributed by atoms with Gasteiger partial charge in [0, 0.05) is 25.2 Å². The molecule has 4 N–H and O–H groups in total. The minimum Gasteiger partial charge on any atom is -0.395 e. The fraction of sp³-hybridized carbons (Fsp3) is 0.733. The lowest BCUT2D eigenvalue weighted by molar-refractivity contribution is 0.0935. The van der Waals surface area contributed by atoms with Crippen molar-refractivity contribution in [1.29, 1.82) is 0 Å². The van der Waals surface area contributed by atoms with Crippen LogP contribution >= 0.6 is 0 Å². The fourth-order valence-corrected chi connectivity index (χ4v) is 2.50. The average Bonchev–Trinajstić information content (AvgIpc) is 2.76. The van der Waals surface area contributed by atoms with Crippen LogP contribution in [0.3, 0.4) is 0 Å². The van der Waals surface area contributed by atoms with Crippen LogP contribution in [0.1, 0.15) is 57.2 Å². The van der Waals surface area contributed by atoms with Crippen molar-refractivity contribution >= 4 is 11.6 Å². The van der Waals surface area contributed by atoms with Crippen molar-refractivity contribution in [2.45, 2.75) is 59.5 Å². The first-order valence-corrected chi connectivity index (χ1v) is 7.75. The van der Waals surface area contributed by atoms with Crippen LogP contribution in [0.5, 0.6) is 0 Å². The maximum atomic E-state index is 12.1. The number of carbonyl (C=O) groups excluding carboxylic acids is 1. The van der Waals surface area contributed by atoms with Gasteiger partial charge in [-0.1, -0.05) is 13.3 Å². The van der Waals surface area contributed by atoms with Crippen molar-refractivity contribution in [2.24, 2.45) is 0 Å². The molecular weight excluding hydrogens is 266 g/mol. The zero-order valence-electron chi connectivity index (χ0n) is 13.9. The summed E-state index contributed by atoms with van der Waals surface area (Å²) >= 11 is 0. The molecule has 0 bridgehead atoms. The van der Waals surface area contributed by atoms with E-state index in [1.54, 1.807) is 0 Å². The van der Waals surface area contributed by atoms with E-state index in [2.05, 4.69) is 55.0 Å². The Morgan fingerprint density at radius 1 is 1.33 bits per heavy atom. The number of aromatic nitrogens is 2. The van der Waals surface area contributed by atoms with Gasteiger partial charge < -0.3 is 11.1 Å². The molecule has 0 saturated carbocycles. The predicted octanol–water partition coefficient (Wildman–Crippen LogP) is 1.79. The van der Waals surface area contributed by atoms with Gasteiger partial charge in [-0.05, 0) is 34.1 Å². The van der Waals surface area contributed by atoms with Gasteiger partial charge in [0.15, 0.2) is 5.69 Å². The minimum atomic E-state index is -0.210. The highest BCUT2D eigenvalue weighted by Crippen LogP contribution is 2.15. The Morgan fingerprint density at radius 2 is 1.95 bits per heavy atom. The number of amides is 1. The van der Waals surface area contributed by atoms with Crippen molar-refractivity contribution in [3.8, 4) is 0 Å². The third-order valence-electron chi connectivity index (χ3n) is 3.58. The van der Waals surface area contributed by atoms with Gasteiger partial charge in [-0.3, -0.25) is 14.8 Å². The van der Waals surface area contributed by atoms with Gasteiger partial charge in [0.2, 0.25) is 0 Å². The summed E-state index contributed by atoms with van der Waals surface area (Å²) in [5, 5.41) is 9.76. The number of aryl methyl sites for hydroxylation is 1. The summed E-state index contributed by atoms with van der Waals surface area (Å²) < 4.78 is 0. The highest BCUT2D eigenvalue weighted by molar-refractivity contribution is 5.97. The molecule has 0 saturated heterocycles. The summed E-state index contributed by atoms with van der Waals surface area (Å²) in [5.74, 6) is -0.210. The Hall–Kier alpha value is -1.56. The standard InChI is InChI=1S/C15H29N5O/c1-6-7-12-13(16)14(19-18-12)15(21)17-8-9-20(10(2)3)11(4)5/h10-11H,6-9,16H2,1-5H3,(H,17,21)(H,18,19). The Bertz CT molecular complexity index is 445. The van der Waals surface area contributed by atoms with Crippen LogP contribution in [0.15, 0.2) is 0 Å². The van der Waals surface area contributed by atoms with E-state index >= 15 is 0 Å². The largest absolute Gasteiger partial charge is 0.395 e. The van der Waals surface area contributed by atoms with Crippen molar-refractivity contribution in [3.05, 3.63) is 11.4 Å². The topological polar surface area (TPSA) is 87.0 Å². The van der Waals surface area contributed by atoms with Gasteiger partial charge in [-0.25, -0.2) is 0 Å². The van der Waals surface area contributed by atoms with Crippen LogP contribution in [0.4, 0.5) is 5.69 Å². The van der Waals surface area contributed by atoms with Gasteiger partial charge in [-0.15, -0.1) is 0 Å². The Balaban J connectivity index is 2.54. The molecule has 0 atom stereocenters. The number of H-pyrrole nitrogens is 1. The third kappa shape index (κ3) is 4.74. The fourth-order valence-electron chi connectivity index (χ4n) is 2.50. The molecule has 0 spiro atoms. The number of hydrogen-bond donors (Lipinski definition) is 3. The van der Waals surface area contributed by atoms with Gasteiger partial charge in [-0.2, -0.15) is 5.10 Å². The predicted molar refractivity (Wildman–Crippen MR) is 86.3 cm³/mol. The molecule has 120 valence electrons. The first-order chi connectivity index (χ1) is 9.88. The van der Waals surface area contributed by atoms with E-state index < -0.39 is 0 Å². The second kappa shape index (κ2) is 8.02. The van der Waals surface area contributed by atoms with Crippen molar-refractivity contribution in [2.75, 3.05) is 18.8 Å². The number of nitrogens with zero attached hydrogens (tertiary/aromatic N) is 2. The highest BCUT2D eigenvalue weighted by Gasteiger charge is 2.18. The molecule has 0 aromatic carbocycles. The number of nitrogen functional groups attached to an aromatic ring is 1. The monoisotopic (exact) mass is 295 g/mol. The molecule has 0 unspecified atom stereocenters. The highest BCUT2D eigenvalue weighted by atomic mass is 16.1. The van der Waals surface area contributed by atoms with E-state index in [0.717, 1.165) is 25.1 Å². The summed E-state index contributed by atoms with van der Waals surface area (Å²) in [4.78, 5) is 14.4. The SMILES string of the molecule is CCCc1[nH]nc(C(=O)NCCN(C(C)C)C(C)C)c1N. The molecule has 1 aromatic heterocycles. The summed E-state index contributed by atoms with van der Waals surface area (Å²) in [6, 6.07) is 0.905. The van der Waals surface area contributed by atoms with E-state index in [1.165, 1.54) is 0 Å². The Labute approximate surface area is 127 Å². The quantitative estimate of drug-likeness (QED) is 0.682. The zero-order valence-corrected chi connectivity index (χ0v) is 13.9. The second-order valence-electron chi connectivity index (χ2n) is 5.90. The van der Waals surface area contributed by atoms with Crippen LogP contribution in [-0.2, 0) is 6.42 Å². The lowest BCUT2D eigenvalue weighted by Crippen LogP contribution is -2.42. The molecule has 1 amide bonds. The second-order valence-corrected chi connectivity index (χ2v) is 5.90. The lowest BCUT2D eigenvalue weighted by Gasteiger charge is -2.30. The molecule has 0 aliphatic heterocycles. The van der Waals surface area contributed by atoms with E-state index in [9.17, 15) is 4.79 Å². The van der Waals surface area contributed by atoms with Crippen molar-refractivity contribution < 1.29 is 4.79 Å². The van der Waals surface area contributed by atoms with E-state index in [1.807, 2.05) is 0 Å². The summed E-state index contributed by atoms with van der Waals surface area (Å²) in [6.07, 6.45) is 1.77. The maximum Gasteiger partial charge on any atom is 0.273 e. The molecule has 0 radical (unpaired) electrons. The van der Waals surface area contributed by atoms with Crippen molar-refractivity contribution in [1.82, 2.24) is 20.4 Å². The van der Waals surface area contributed by atoms with Gasteiger partial charge in [0.05, 0.1) is 11.4 Å². The van der Waals surface area contributed by atoms with Crippen LogP contribution < -0.4 is 11.1 Å². The minimum absolute atomic E-state index is 0.210. The smallest absolute Gasteiger partial charge is 0.273 e. The number of nitrogens with one attached hydrogen (secondary N) is 2. The number of carbonyl (C=O) groups is 1. The van der Waals surface area contributed by atoms with Crippen LogP contribution in [-0.4, -0.2) is 46.2 Å². The summed E-state index contributed by atoms with van der Waals surface area (Å²) in [6.45, 7) is 12.1. The first kappa shape index (κ1) is 17.5. The lowest BCUT2D eigenvalue weighted by atomic mass is 10.2. The van der Waals surface area contributed by atoms with E-state index in [4.69, 9.17) is 5.73 Å². The molecule has 0 aliphatic rings. The van der Waals surface area contributed by atoms with Gasteiger partial charge >= 0.3 is 0 Å². The molecule has 0 fully saturated rings. The number of nitrogens with two attached hydrogens (primary N) is 1. The molecule has 21 heavy (non-hydrogen) atoms. The molecular formula is C15H29N5O. The maximum absolute atomic E-state index is 12.1. The molecule has 0 aliphatic carbocycles. The molecule has 6 nitrogen and oxygen atoms in total. The number of rotatable bonds is 8. The summed E-state index contributed by atoms with van der Waals surface area (Å²) in [5.41, 5.74) is 7.57. The average molecular weight is 295 g/mol. The molecule has 6 heteroatoms. The van der Waals surface area contributed by atoms with E-state index in [-0.39, 0.29) is 5.91 Å².